The highest BCUT2D eigenvalue weighted by molar-refractivity contribution is 7.89. The molecular weight excluding hydrogens is 367 g/mol. The third-order valence-corrected chi connectivity index (χ3v) is 6.74. The van der Waals surface area contributed by atoms with Crippen LogP contribution in [0.25, 0.3) is 0 Å². The molecule has 2 aromatic rings. The van der Waals surface area contributed by atoms with Crippen LogP contribution in [-0.2, 0) is 10.0 Å². The number of benzene rings is 2. The van der Waals surface area contributed by atoms with Gasteiger partial charge in [0.2, 0.25) is 10.0 Å². The van der Waals surface area contributed by atoms with Gasteiger partial charge < -0.3 is 5.32 Å². The molecule has 0 atom stereocenters. The van der Waals surface area contributed by atoms with Gasteiger partial charge in [0, 0.05) is 18.7 Å². The molecule has 27 heavy (non-hydrogen) atoms. The maximum absolute atomic E-state index is 13.6. The third kappa shape index (κ3) is 4.54. The molecular formula is C20H23FN2O3S. The minimum atomic E-state index is -3.61. The van der Waals surface area contributed by atoms with Crippen molar-refractivity contribution in [3.8, 4) is 0 Å². The number of nitrogens with zero attached hydrogens (tertiary/aromatic N) is 1. The van der Waals surface area contributed by atoms with Gasteiger partial charge in [0.25, 0.3) is 0 Å². The molecule has 0 bridgehead atoms. The Morgan fingerprint density at radius 3 is 2.56 bits per heavy atom. The molecule has 7 heteroatoms. The lowest BCUT2D eigenvalue weighted by Gasteiger charge is -2.29. The van der Waals surface area contributed by atoms with Gasteiger partial charge in [-0.1, -0.05) is 31.2 Å². The molecule has 1 fully saturated rings. The first-order valence-electron chi connectivity index (χ1n) is 9.00. The summed E-state index contributed by atoms with van der Waals surface area (Å²) in [5, 5.41) is 2.75. The van der Waals surface area contributed by atoms with Crippen molar-refractivity contribution in [2.45, 2.75) is 24.7 Å². The topological polar surface area (TPSA) is 66.5 Å². The van der Waals surface area contributed by atoms with E-state index in [2.05, 4.69) is 12.2 Å². The lowest BCUT2D eigenvalue weighted by Crippen LogP contribution is -2.37. The first-order chi connectivity index (χ1) is 12.9. The van der Waals surface area contributed by atoms with Crippen LogP contribution in [0.5, 0.6) is 0 Å². The van der Waals surface area contributed by atoms with Crippen LogP contribution < -0.4 is 5.32 Å². The smallest absolute Gasteiger partial charge is 0.243 e. The molecule has 0 radical (unpaired) electrons. The van der Waals surface area contributed by atoms with Crippen molar-refractivity contribution in [2.75, 3.05) is 25.0 Å². The number of hydrogen-bond acceptors (Lipinski definition) is 4. The van der Waals surface area contributed by atoms with Crippen molar-refractivity contribution in [3.63, 3.8) is 0 Å². The maximum atomic E-state index is 13.6. The molecule has 2 aromatic carbocycles. The van der Waals surface area contributed by atoms with Crippen molar-refractivity contribution in [2.24, 2.45) is 5.92 Å². The number of ketones is 1. The Labute approximate surface area is 159 Å². The van der Waals surface area contributed by atoms with Gasteiger partial charge >= 0.3 is 0 Å². The van der Waals surface area contributed by atoms with Gasteiger partial charge in [-0.25, -0.2) is 12.8 Å². The second-order valence-electron chi connectivity index (χ2n) is 6.87. The Morgan fingerprint density at radius 1 is 1.15 bits per heavy atom. The van der Waals surface area contributed by atoms with Gasteiger partial charge in [-0.15, -0.1) is 0 Å². The minimum Gasteiger partial charge on any atom is -0.375 e. The Kier molecular flexibility index (Phi) is 5.92. The SMILES string of the molecule is CC1CCN(S(=O)(=O)c2cccc(C(=O)CNc3ccccc3F)c2)CC1. The van der Waals surface area contributed by atoms with E-state index in [1.54, 1.807) is 30.3 Å². The molecule has 1 saturated heterocycles. The fourth-order valence-electron chi connectivity index (χ4n) is 3.09. The van der Waals surface area contributed by atoms with Crippen LogP contribution in [-0.4, -0.2) is 38.1 Å². The van der Waals surface area contributed by atoms with Gasteiger partial charge in [-0.05, 0) is 43.0 Å². The predicted octanol–water partition coefficient (Wildman–Crippen LogP) is 3.54. The highest BCUT2D eigenvalue weighted by Crippen LogP contribution is 2.24. The highest BCUT2D eigenvalue weighted by Gasteiger charge is 2.28. The molecule has 5 nitrogen and oxygen atoms in total. The van der Waals surface area contributed by atoms with Crippen LogP contribution in [0.2, 0.25) is 0 Å². The first kappa shape index (κ1) is 19.5. The van der Waals surface area contributed by atoms with E-state index in [0.29, 0.717) is 19.0 Å². The summed E-state index contributed by atoms with van der Waals surface area (Å²) in [4.78, 5) is 12.6. The summed E-state index contributed by atoms with van der Waals surface area (Å²) in [6.45, 7) is 2.99. The zero-order valence-electron chi connectivity index (χ0n) is 15.2. The van der Waals surface area contributed by atoms with E-state index in [0.717, 1.165) is 12.8 Å². The number of Topliss-reactive ketones (excluding diaryl/α,β-unsaturated/α-hetero) is 1. The van der Waals surface area contributed by atoms with Gasteiger partial charge in [-0.2, -0.15) is 4.31 Å². The summed E-state index contributed by atoms with van der Waals surface area (Å²) < 4.78 is 40.8. The summed E-state index contributed by atoms with van der Waals surface area (Å²) >= 11 is 0. The monoisotopic (exact) mass is 390 g/mol. The fourth-order valence-corrected chi connectivity index (χ4v) is 4.60. The van der Waals surface area contributed by atoms with Crippen LogP contribution >= 0.6 is 0 Å². The molecule has 0 aromatic heterocycles. The molecule has 1 N–H and O–H groups in total. The normalized spacial score (nSPS) is 16.2. The Bertz CT molecular complexity index is 922. The molecule has 0 unspecified atom stereocenters. The van der Waals surface area contributed by atoms with E-state index >= 15 is 0 Å². The van der Waals surface area contributed by atoms with Crippen LogP contribution in [0, 0.1) is 11.7 Å². The molecule has 1 aliphatic rings. The zero-order valence-corrected chi connectivity index (χ0v) is 16.0. The van der Waals surface area contributed by atoms with E-state index in [1.807, 2.05) is 0 Å². The lowest BCUT2D eigenvalue weighted by atomic mass is 10.0. The molecule has 1 aliphatic heterocycles. The number of rotatable bonds is 6. The van der Waals surface area contributed by atoms with Gasteiger partial charge in [0.05, 0.1) is 17.1 Å². The summed E-state index contributed by atoms with van der Waals surface area (Å²) in [7, 11) is -3.61. The van der Waals surface area contributed by atoms with E-state index in [4.69, 9.17) is 0 Å². The molecule has 0 spiro atoms. The number of piperidine rings is 1. The maximum Gasteiger partial charge on any atom is 0.243 e. The fraction of sp³-hybridized carbons (Fsp3) is 0.350. The number of anilines is 1. The summed E-state index contributed by atoms with van der Waals surface area (Å²) in [6, 6.07) is 12.1. The third-order valence-electron chi connectivity index (χ3n) is 4.85. The van der Waals surface area contributed by atoms with E-state index in [1.165, 1.54) is 22.5 Å². The molecule has 3 rings (SSSR count). The number of hydrogen-bond donors (Lipinski definition) is 1. The summed E-state index contributed by atoms with van der Waals surface area (Å²) in [5.41, 5.74) is 0.516. The van der Waals surface area contributed by atoms with E-state index in [9.17, 15) is 17.6 Å². The Hall–Kier alpha value is -2.25. The predicted molar refractivity (Wildman–Crippen MR) is 103 cm³/mol. The minimum absolute atomic E-state index is 0.119. The number of nitrogens with one attached hydrogen (secondary N) is 1. The lowest BCUT2D eigenvalue weighted by molar-refractivity contribution is 0.101. The van der Waals surface area contributed by atoms with Crippen molar-refractivity contribution in [1.82, 2.24) is 4.31 Å². The molecule has 0 aliphatic carbocycles. The molecule has 1 heterocycles. The number of halogens is 1. The second kappa shape index (κ2) is 8.19. The zero-order chi connectivity index (χ0) is 19.4. The van der Waals surface area contributed by atoms with E-state index in [-0.39, 0.29) is 28.5 Å². The van der Waals surface area contributed by atoms with E-state index < -0.39 is 15.8 Å². The van der Waals surface area contributed by atoms with Crippen molar-refractivity contribution < 1.29 is 17.6 Å². The van der Waals surface area contributed by atoms with Crippen molar-refractivity contribution in [1.29, 1.82) is 0 Å². The second-order valence-corrected chi connectivity index (χ2v) is 8.81. The standard InChI is InChI=1S/C20H23FN2O3S/c1-15-9-11-23(12-10-15)27(25,26)17-6-4-5-16(13-17)20(24)14-22-19-8-3-2-7-18(19)21/h2-8,13,15,22H,9-12,14H2,1H3. The van der Waals surface area contributed by atoms with Crippen LogP contribution in [0.4, 0.5) is 10.1 Å². The van der Waals surface area contributed by atoms with Crippen molar-refractivity contribution in [3.05, 3.63) is 59.9 Å². The summed E-state index contributed by atoms with van der Waals surface area (Å²) in [6.07, 6.45) is 1.68. The van der Waals surface area contributed by atoms with Gasteiger partial charge in [0.15, 0.2) is 5.78 Å². The quantitative estimate of drug-likeness (QED) is 0.766. The number of sulfonamides is 1. The van der Waals surface area contributed by atoms with Crippen LogP contribution in [0.15, 0.2) is 53.4 Å². The Balaban J connectivity index is 1.73. The number of carbonyl (C=O) groups is 1. The first-order valence-corrected chi connectivity index (χ1v) is 10.4. The average molecular weight is 390 g/mol. The van der Waals surface area contributed by atoms with Crippen molar-refractivity contribution >= 4 is 21.5 Å². The van der Waals surface area contributed by atoms with Crippen LogP contribution in [0.3, 0.4) is 0 Å². The highest BCUT2D eigenvalue weighted by atomic mass is 32.2. The molecule has 0 amide bonds. The summed E-state index contributed by atoms with van der Waals surface area (Å²) in [5.74, 6) is -0.225. The average Bonchev–Trinajstić information content (AvgIpc) is 2.67. The van der Waals surface area contributed by atoms with Crippen LogP contribution in [0.1, 0.15) is 30.1 Å². The van der Waals surface area contributed by atoms with Gasteiger partial charge in [0.1, 0.15) is 5.82 Å². The largest absolute Gasteiger partial charge is 0.375 e. The number of para-hydroxylation sites is 1. The molecule has 0 saturated carbocycles. The number of carbonyl (C=O) groups excluding carboxylic acids is 1. The Morgan fingerprint density at radius 2 is 1.85 bits per heavy atom. The van der Waals surface area contributed by atoms with Gasteiger partial charge in [-0.3, -0.25) is 4.79 Å². The molecule has 144 valence electrons.